The van der Waals surface area contributed by atoms with Gasteiger partial charge in [-0.15, -0.1) is 0 Å². The van der Waals surface area contributed by atoms with Crippen LogP contribution in [0, 0.1) is 0 Å². The molecule has 11 heavy (non-hydrogen) atoms. The van der Waals surface area contributed by atoms with Crippen LogP contribution in [0.25, 0.3) is 0 Å². The lowest BCUT2D eigenvalue weighted by molar-refractivity contribution is 0.0926. The maximum absolute atomic E-state index is 5.37. The van der Waals surface area contributed by atoms with E-state index in [1.807, 2.05) is 13.0 Å². The highest BCUT2D eigenvalue weighted by Crippen LogP contribution is 2.15. The number of ether oxygens (including phenoxy) is 2. The van der Waals surface area contributed by atoms with Crippen molar-refractivity contribution in [2.24, 2.45) is 0 Å². The van der Waals surface area contributed by atoms with E-state index in [1.54, 1.807) is 7.11 Å². The maximum Gasteiger partial charge on any atom is 0.132 e. The zero-order chi connectivity index (χ0) is 8.10. The van der Waals surface area contributed by atoms with E-state index in [2.05, 4.69) is 12.2 Å². The van der Waals surface area contributed by atoms with Gasteiger partial charge in [-0.1, -0.05) is 12.2 Å². The molecule has 0 amide bonds. The van der Waals surface area contributed by atoms with Crippen molar-refractivity contribution in [3.63, 3.8) is 0 Å². The van der Waals surface area contributed by atoms with Gasteiger partial charge in [0.25, 0.3) is 0 Å². The molecule has 0 bridgehead atoms. The lowest BCUT2D eigenvalue weighted by Gasteiger charge is -2.18. The minimum Gasteiger partial charge on any atom is -0.495 e. The molecule has 0 aromatic heterocycles. The van der Waals surface area contributed by atoms with Crippen molar-refractivity contribution in [1.29, 1.82) is 0 Å². The van der Waals surface area contributed by atoms with Crippen molar-refractivity contribution in [2.75, 3.05) is 13.7 Å². The second-order valence-corrected chi connectivity index (χ2v) is 2.36. The van der Waals surface area contributed by atoms with Crippen molar-refractivity contribution in [3.05, 3.63) is 24.0 Å². The van der Waals surface area contributed by atoms with Gasteiger partial charge in [0.2, 0.25) is 0 Å². The third kappa shape index (κ3) is 2.09. The van der Waals surface area contributed by atoms with Crippen molar-refractivity contribution >= 4 is 0 Å². The molecule has 1 atom stereocenters. The molecule has 0 aromatic rings. The summed E-state index contributed by atoms with van der Waals surface area (Å²) in [6.45, 7) is 2.69. The van der Waals surface area contributed by atoms with Crippen LogP contribution >= 0.6 is 0 Å². The molecule has 0 aromatic carbocycles. The molecule has 2 nitrogen and oxygen atoms in total. The predicted octanol–water partition coefficient (Wildman–Crippen LogP) is 1.88. The number of hydrogen-bond acceptors (Lipinski definition) is 2. The third-order valence-corrected chi connectivity index (χ3v) is 1.61. The van der Waals surface area contributed by atoms with E-state index in [0.717, 1.165) is 12.2 Å². The highest BCUT2D eigenvalue weighted by Gasteiger charge is 2.12. The van der Waals surface area contributed by atoms with Crippen LogP contribution in [0.2, 0.25) is 0 Å². The van der Waals surface area contributed by atoms with Gasteiger partial charge in [-0.3, -0.25) is 0 Å². The fraction of sp³-hybridized carbons (Fsp3) is 0.556. The summed E-state index contributed by atoms with van der Waals surface area (Å²) in [5.74, 6) is 0.942. The molecule has 1 aliphatic rings. The Morgan fingerprint density at radius 2 is 2.45 bits per heavy atom. The van der Waals surface area contributed by atoms with E-state index >= 15 is 0 Å². The van der Waals surface area contributed by atoms with Crippen LogP contribution in [0.15, 0.2) is 24.0 Å². The minimum absolute atomic E-state index is 0.0312. The van der Waals surface area contributed by atoms with Crippen LogP contribution in [-0.2, 0) is 9.47 Å². The quantitative estimate of drug-likeness (QED) is 0.578. The Morgan fingerprint density at radius 3 is 3.09 bits per heavy atom. The molecule has 1 unspecified atom stereocenters. The maximum atomic E-state index is 5.37. The molecular formula is C9H14O2. The molecule has 0 aliphatic heterocycles. The molecule has 0 radical (unpaired) electrons. The Hall–Kier alpha value is -0.760. The van der Waals surface area contributed by atoms with Gasteiger partial charge in [0.15, 0.2) is 0 Å². The van der Waals surface area contributed by atoms with Gasteiger partial charge in [0, 0.05) is 7.11 Å². The molecular weight excluding hydrogens is 140 g/mol. The van der Waals surface area contributed by atoms with Gasteiger partial charge < -0.3 is 9.47 Å². The van der Waals surface area contributed by atoms with E-state index in [-0.39, 0.29) is 6.10 Å². The predicted molar refractivity (Wildman–Crippen MR) is 44.3 cm³/mol. The Balaban J connectivity index is 2.53. The molecule has 1 aliphatic carbocycles. The minimum atomic E-state index is 0.0312. The highest BCUT2D eigenvalue weighted by atomic mass is 16.5. The third-order valence-electron chi connectivity index (χ3n) is 1.61. The number of methoxy groups -OCH3 is 1. The van der Waals surface area contributed by atoms with Crippen molar-refractivity contribution < 1.29 is 9.47 Å². The molecule has 2 heteroatoms. The summed E-state index contributed by atoms with van der Waals surface area (Å²) in [5.41, 5.74) is 0. The Kier molecular flexibility index (Phi) is 3.17. The molecule has 0 N–H and O–H groups in total. The first-order valence-corrected chi connectivity index (χ1v) is 3.90. The average Bonchev–Trinajstić information content (AvgIpc) is 2.06. The Bertz CT molecular complexity index is 170. The smallest absolute Gasteiger partial charge is 0.132 e. The average molecular weight is 154 g/mol. The molecule has 0 saturated carbocycles. The van der Waals surface area contributed by atoms with Crippen molar-refractivity contribution in [1.82, 2.24) is 0 Å². The summed E-state index contributed by atoms with van der Waals surface area (Å²) >= 11 is 0. The van der Waals surface area contributed by atoms with E-state index < -0.39 is 0 Å². The second-order valence-electron chi connectivity index (χ2n) is 2.36. The second kappa shape index (κ2) is 4.19. The van der Waals surface area contributed by atoms with Gasteiger partial charge in [-0.25, -0.2) is 0 Å². The summed E-state index contributed by atoms with van der Waals surface area (Å²) in [4.78, 5) is 0. The Morgan fingerprint density at radius 1 is 1.64 bits per heavy atom. The summed E-state index contributed by atoms with van der Waals surface area (Å²) in [7, 11) is 1.69. The molecule has 0 saturated heterocycles. The highest BCUT2D eigenvalue weighted by molar-refractivity contribution is 5.16. The van der Waals surface area contributed by atoms with E-state index in [1.165, 1.54) is 0 Å². The fourth-order valence-corrected chi connectivity index (χ4v) is 1.10. The summed E-state index contributed by atoms with van der Waals surface area (Å²) in [6.07, 6.45) is 7.14. The normalized spacial score (nSPS) is 23.1. The SMILES string of the molecule is CCOC1=CCC=CC1OC. The summed E-state index contributed by atoms with van der Waals surface area (Å²) in [6, 6.07) is 0. The summed E-state index contributed by atoms with van der Waals surface area (Å²) < 4.78 is 10.5. The zero-order valence-electron chi connectivity index (χ0n) is 7.04. The topological polar surface area (TPSA) is 18.5 Å². The van der Waals surface area contributed by atoms with Gasteiger partial charge in [-0.2, -0.15) is 0 Å². The first-order valence-electron chi connectivity index (χ1n) is 3.90. The zero-order valence-corrected chi connectivity index (χ0v) is 7.04. The molecule has 62 valence electrons. The van der Waals surface area contributed by atoms with Crippen molar-refractivity contribution in [2.45, 2.75) is 19.4 Å². The number of hydrogen-bond donors (Lipinski definition) is 0. The van der Waals surface area contributed by atoms with E-state index in [9.17, 15) is 0 Å². The van der Waals surface area contributed by atoms with Crippen molar-refractivity contribution in [3.8, 4) is 0 Å². The van der Waals surface area contributed by atoms with E-state index in [0.29, 0.717) is 6.61 Å². The van der Waals surface area contributed by atoms with Crippen LogP contribution in [0.3, 0.4) is 0 Å². The van der Waals surface area contributed by atoms with E-state index in [4.69, 9.17) is 9.47 Å². The molecule has 0 spiro atoms. The van der Waals surface area contributed by atoms with Crippen LogP contribution in [0.5, 0.6) is 0 Å². The van der Waals surface area contributed by atoms with Crippen LogP contribution in [0.1, 0.15) is 13.3 Å². The molecule has 0 fully saturated rings. The van der Waals surface area contributed by atoms with Crippen LogP contribution in [-0.4, -0.2) is 19.8 Å². The lowest BCUT2D eigenvalue weighted by Crippen LogP contribution is -2.15. The summed E-state index contributed by atoms with van der Waals surface area (Å²) in [5, 5.41) is 0. The molecule has 1 rings (SSSR count). The monoisotopic (exact) mass is 154 g/mol. The van der Waals surface area contributed by atoms with Gasteiger partial charge >= 0.3 is 0 Å². The first kappa shape index (κ1) is 8.34. The largest absolute Gasteiger partial charge is 0.495 e. The number of allylic oxidation sites excluding steroid dienone is 2. The fourth-order valence-electron chi connectivity index (χ4n) is 1.10. The van der Waals surface area contributed by atoms with Gasteiger partial charge in [-0.05, 0) is 19.4 Å². The molecule has 0 heterocycles. The Labute approximate surface area is 67.5 Å². The van der Waals surface area contributed by atoms with Gasteiger partial charge in [0.1, 0.15) is 11.9 Å². The lowest BCUT2D eigenvalue weighted by atomic mass is 10.1. The standard InChI is InChI=1S/C9H14O2/c1-3-11-9-7-5-4-6-8(9)10-2/h4,6-8H,3,5H2,1-2H3. The van der Waals surface area contributed by atoms with Crippen LogP contribution < -0.4 is 0 Å². The number of rotatable bonds is 3. The van der Waals surface area contributed by atoms with Crippen LogP contribution in [0.4, 0.5) is 0 Å². The first-order chi connectivity index (χ1) is 5.38. The van der Waals surface area contributed by atoms with Gasteiger partial charge in [0.05, 0.1) is 6.61 Å².